The first-order valence-corrected chi connectivity index (χ1v) is 5.98. The molecule has 5 heteroatoms. The van der Waals surface area contributed by atoms with Gasteiger partial charge in [0.25, 0.3) is 5.91 Å². The number of carbonyl (C=O) groups is 2. The molecule has 18 heavy (non-hydrogen) atoms. The van der Waals surface area contributed by atoms with Gasteiger partial charge in [-0.25, -0.2) is 5.84 Å². The maximum atomic E-state index is 11.7. The van der Waals surface area contributed by atoms with Gasteiger partial charge in [0, 0.05) is 25.1 Å². The first-order valence-electron chi connectivity index (χ1n) is 5.98. The van der Waals surface area contributed by atoms with Gasteiger partial charge in [0.15, 0.2) is 0 Å². The summed E-state index contributed by atoms with van der Waals surface area (Å²) in [7, 11) is 0. The summed E-state index contributed by atoms with van der Waals surface area (Å²) in [5.74, 6) is 5.35. The number of hydrogen-bond acceptors (Lipinski definition) is 3. The van der Waals surface area contributed by atoms with Crippen molar-refractivity contribution in [3.63, 3.8) is 0 Å². The molecule has 96 valence electrons. The predicted molar refractivity (Wildman–Crippen MR) is 67.3 cm³/mol. The summed E-state index contributed by atoms with van der Waals surface area (Å²) in [6.45, 7) is 3.26. The zero-order valence-corrected chi connectivity index (χ0v) is 10.3. The van der Waals surface area contributed by atoms with E-state index in [1.165, 1.54) is 0 Å². The minimum absolute atomic E-state index is 0.144. The van der Waals surface area contributed by atoms with Crippen LogP contribution in [0.25, 0.3) is 0 Å². The number of nitrogens with one attached hydrogen (secondary N) is 1. The van der Waals surface area contributed by atoms with Gasteiger partial charge in [-0.15, -0.1) is 0 Å². The Morgan fingerprint density at radius 1 is 1.50 bits per heavy atom. The lowest BCUT2D eigenvalue weighted by Gasteiger charge is -2.18. The summed E-state index contributed by atoms with van der Waals surface area (Å²) in [6, 6.07) is 7.19. The average Bonchev–Trinajstić information content (AvgIpc) is 2.67. The molecular formula is C13H17N3O2. The van der Waals surface area contributed by atoms with Crippen LogP contribution >= 0.6 is 0 Å². The van der Waals surface area contributed by atoms with Crippen molar-refractivity contribution in [1.82, 2.24) is 10.3 Å². The Morgan fingerprint density at radius 2 is 2.22 bits per heavy atom. The number of nitrogens with two attached hydrogens (primary N) is 1. The molecule has 1 fully saturated rings. The molecule has 1 saturated heterocycles. The highest BCUT2D eigenvalue weighted by Gasteiger charge is 2.27. The van der Waals surface area contributed by atoms with E-state index in [2.05, 4.69) is 12.3 Å². The van der Waals surface area contributed by atoms with Crippen molar-refractivity contribution in [3.8, 4) is 0 Å². The molecule has 0 radical (unpaired) electrons. The second kappa shape index (κ2) is 5.18. The molecule has 0 aliphatic carbocycles. The molecule has 3 N–H and O–H groups in total. The van der Waals surface area contributed by atoms with E-state index in [1.807, 2.05) is 12.1 Å². The molecule has 0 aromatic heterocycles. The van der Waals surface area contributed by atoms with E-state index in [-0.39, 0.29) is 11.8 Å². The van der Waals surface area contributed by atoms with Gasteiger partial charge in [0.1, 0.15) is 0 Å². The van der Waals surface area contributed by atoms with Gasteiger partial charge in [0.2, 0.25) is 5.91 Å². The van der Waals surface area contributed by atoms with Crippen LogP contribution in [0.4, 0.5) is 0 Å². The normalized spacial score (nSPS) is 19.1. The Bertz CT molecular complexity index is 473. The van der Waals surface area contributed by atoms with E-state index >= 15 is 0 Å². The molecule has 1 aromatic rings. The van der Waals surface area contributed by atoms with E-state index in [4.69, 9.17) is 5.84 Å². The highest BCUT2D eigenvalue weighted by molar-refractivity contribution is 5.95. The van der Waals surface area contributed by atoms with Crippen molar-refractivity contribution in [2.75, 3.05) is 6.54 Å². The van der Waals surface area contributed by atoms with Crippen molar-refractivity contribution in [2.24, 2.45) is 11.8 Å². The molecule has 1 unspecified atom stereocenters. The van der Waals surface area contributed by atoms with E-state index in [9.17, 15) is 9.59 Å². The zero-order chi connectivity index (χ0) is 13.1. The number of carbonyl (C=O) groups excluding carboxylic acids is 2. The predicted octanol–water partition coefficient (Wildman–Crippen LogP) is 0.659. The third kappa shape index (κ3) is 2.51. The highest BCUT2D eigenvalue weighted by Crippen LogP contribution is 2.20. The molecule has 2 rings (SSSR count). The molecule has 5 nitrogen and oxygen atoms in total. The van der Waals surface area contributed by atoms with Crippen LogP contribution in [0.3, 0.4) is 0 Å². The number of rotatable bonds is 3. The Kier molecular flexibility index (Phi) is 3.62. The van der Waals surface area contributed by atoms with E-state index < -0.39 is 0 Å². The van der Waals surface area contributed by atoms with Crippen LogP contribution in [-0.4, -0.2) is 23.3 Å². The van der Waals surface area contributed by atoms with Gasteiger partial charge in [-0.2, -0.15) is 0 Å². The number of hydrogen-bond donors (Lipinski definition) is 2. The second-order valence-electron chi connectivity index (χ2n) is 4.71. The van der Waals surface area contributed by atoms with E-state index in [1.54, 1.807) is 17.0 Å². The molecule has 2 amide bonds. The van der Waals surface area contributed by atoms with Crippen LogP contribution in [0.15, 0.2) is 24.3 Å². The van der Waals surface area contributed by atoms with Crippen molar-refractivity contribution < 1.29 is 9.59 Å². The first-order chi connectivity index (χ1) is 8.61. The van der Waals surface area contributed by atoms with Gasteiger partial charge in [-0.1, -0.05) is 25.1 Å². The summed E-state index contributed by atoms with van der Waals surface area (Å²) in [5.41, 5.74) is 3.47. The molecule has 1 aromatic carbocycles. The quantitative estimate of drug-likeness (QED) is 0.468. The van der Waals surface area contributed by atoms with Crippen LogP contribution in [-0.2, 0) is 11.3 Å². The van der Waals surface area contributed by atoms with Crippen molar-refractivity contribution >= 4 is 11.8 Å². The molecule has 1 aliphatic heterocycles. The van der Waals surface area contributed by atoms with Crippen LogP contribution in [0.2, 0.25) is 0 Å². The monoisotopic (exact) mass is 247 g/mol. The Labute approximate surface area is 106 Å². The van der Waals surface area contributed by atoms with Crippen molar-refractivity contribution in [3.05, 3.63) is 35.4 Å². The fourth-order valence-corrected chi connectivity index (χ4v) is 2.29. The van der Waals surface area contributed by atoms with Gasteiger partial charge in [-0.05, 0) is 17.5 Å². The topological polar surface area (TPSA) is 75.4 Å². The van der Waals surface area contributed by atoms with Crippen LogP contribution in [0.5, 0.6) is 0 Å². The second-order valence-corrected chi connectivity index (χ2v) is 4.71. The Balaban J connectivity index is 2.19. The van der Waals surface area contributed by atoms with Gasteiger partial charge >= 0.3 is 0 Å². The molecule has 0 spiro atoms. The van der Waals surface area contributed by atoms with Gasteiger partial charge in [0.05, 0.1) is 0 Å². The third-order valence-electron chi connectivity index (χ3n) is 3.16. The van der Waals surface area contributed by atoms with Crippen LogP contribution < -0.4 is 11.3 Å². The van der Waals surface area contributed by atoms with Crippen LogP contribution in [0.1, 0.15) is 29.3 Å². The number of hydrazine groups is 1. The minimum atomic E-state index is -0.328. The summed E-state index contributed by atoms with van der Waals surface area (Å²) in [6.07, 6.45) is 0.589. The summed E-state index contributed by atoms with van der Waals surface area (Å²) in [5, 5.41) is 0. The number of nitrogens with zero attached hydrogens (tertiary/aromatic N) is 1. The minimum Gasteiger partial charge on any atom is -0.338 e. The maximum Gasteiger partial charge on any atom is 0.265 e. The number of benzene rings is 1. The third-order valence-corrected chi connectivity index (χ3v) is 3.16. The fourth-order valence-electron chi connectivity index (χ4n) is 2.29. The van der Waals surface area contributed by atoms with Gasteiger partial charge in [-0.3, -0.25) is 15.0 Å². The molecule has 0 bridgehead atoms. The first kappa shape index (κ1) is 12.6. The lowest BCUT2D eigenvalue weighted by molar-refractivity contribution is -0.128. The maximum absolute atomic E-state index is 11.7. The largest absolute Gasteiger partial charge is 0.338 e. The standard InChI is InChI=1S/C13H17N3O2/c1-9-6-12(17)16(7-9)8-10-4-2-3-5-11(10)13(18)15-14/h2-5,9H,6-8,14H2,1H3,(H,15,18). The number of amides is 2. The lowest BCUT2D eigenvalue weighted by Crippen LogP contribution is -2.32. The summed E-state index contributed by atoms with van der Waals surface area (Å²) >= 11 is 0. The SMILES string of the molecule is CC1CC(=O)N(Cc2ccccc2C(=O)NN)C1. The fraction of sp³-hybridized carbons (Fsp3) is 0.385. The highest BCUT2D eigenvalue weighted by atomic mass is 16.2. The molecule has 1 atom stereocenters. The summed E-state index contributed by atoms with van der Waals surface area (Å²) in [4.78, 5) is 25.1. The number of likely N-dealkylation sites (tertiary alicyclic amines) is 1. The zero-order valence-electron chi connectivity index (χ0n) is 10.3. The molecule has 0 saturated carbocycles. The number of nitrogen functional groups attached to an aromatic ring is 1. The molecule has 1 aliphatic rings. The molecule has 1 heterocycles. The summed E-state index contributed by atoms with van der Waals surface area (Å²) < 4.78 is 0. The Hall–Kier alpha value is -1.88. The van der Waals surface area contributed by atoms with Crippen LogP contribution in [0, 0.1) is 5.92 Å². The van der Waals surface area contributed by atoms with Crippen molar-refractivity contribution in [2.45, 2.75) is 19.9 Å². The van der Waals surface area contributed by atoms with Crippen molar-refractivity contribution in [1.29, 1.82) is 0 Å². The van der Waals surface area contributed by atoms with E-state index in [0.29, 0.717) is 24.4 Å². The lowest BCUT2D eigenvalue weighted by atomic mass is 10.1. The molecular weight excluding hydrogens is 230 g/mol. The van der Waals surface area contributed by atoms with Gasteiger partial charge < -0.3 is 4.90 Å². The Morgan fingerprint density at radius 3 is 2.83 bits per heavy atom. The smallest absolute Gasteiger partial charge is 0.265 e. The average molecular weight is 247 g/mol. The van der Waals surface area contributed by atoms with E-state index in [0.717, 1.165) is 12.1 Å².